The van der Waals surface area contributed by atoms with Gasteiger partial charge < -0.3 is 14.6 Å². The molecule has 6 nitrogen and oxygen atoms in total. The Labute approximate surface area is 164 Å². The molecule has 1 heterocycles. The van der Waals surface area contributed by atoms with Crippen LogP contribution in [0.4, 0.5) is 0 Å². The molecule has 0 saturated carbocycles. The summed E-state index contributed by atoms with van der Waals surface area (Å²) in [5.74, 6) is 1.52. The third-order valence-corrected chi connectivity index (χ3v) is 5.00. The molecule has 0 fully saturated rings. The molecule has 0 spiro atoms. The Bertz CT molecular complexity index is 1050. The maximum atomic E-state index is 9.44. The smallest absolute Gasteiger partial charge is 0.258 e. The summed E-state index contributed by atoms with van der Waals surface area (Å²) >= 11 is 0. The van der Waals surface area contributed by atoms with Gasteiger partial charge in [-0.1, -0.05) is 23.4 Å². The molecule has 0 bridgehead atoms. The number of rotatable bonds is 5. The van der Waals surface area contributed by atoms with Gasteiger partial charge in [0.25, 0.3) is 5.89 Å². The highest BCUT2D eigenvalue weighted by Crippen LogP contribution is 2.37. The average molecular weight is 374 g/mol. The molecule has 1 aliphatic carbocycles. The highest BCUT2D eigenvalue weighted by atomic mass is 16.5. The topological polar surface area (TPSA) is 84.0 Å². The van der Waals surface area contributed by atoms with Crippen molar-refractivity contribution < 1.29 is 9.26 Å². The van der Waals surface area contributed by atoms with Crippen molar-refractivity contribution >= 4 is 0 Å². The van der Waals surface area contributed by atoms with Crippen LogP contribution in [0.15, 0.2) is 40.9 Å². The first kappa shape index (κ1) is 18.2. The third kappa shape index (κ3) is 3.25. The monoisotopic (exact) mass is 374 g/mol. The number of aromatic nitrogens is 2. The molecule has 0 saturated heterocycles. The predicted molar refractivity (Wildman–Crippen MR) is 106 cm³/mol. The van der Waals surface area contributed by atoms with Crippen molar-refractivity contribution in [3.8, 4) is 34.7 Å². The van der Waals surface area contributed by atoms with Crippen molar-refractivity contribution in [2.24, 2.45) is 0 Å². The first-order valence-corrected chi connectivity index (χ1v) is 9.45. The Morgan fingerprint density at radius 2 is 2.14 bits per heavy atom. The van der Waals surface area contributed by atoms with E-state index in [0.29, 0.717) is 34.6 Å². The lowest BCUT2D eigenvalue weighted by Crippen LogP contribution is -2.12. The van der Waals surface area contributed by atoms with Crippen molar-refractivity contribution in [1.29, 1.82) is 5.26 Å². The van der Waals surface area contributed by atoms with Crippen LogP contribution in [-0.4, -0.2) is 23.3 Å². The summed E-state index contributed by atoms with van der Waals surface area (Å²) in [5.41, 5.74) is 4.72. The van der Waals surface area contributed by atoms with Gasteiger partial charge in [-0.2, -0.15) is 10.2 Å². The number of nitriles is 1. The number of nitrogens with one attached hydrogen (secondary N) is 1. The molecular formula is C22H22N4O2. The van der Waals surface area contributed by atoms with Gasteiger partial charge in [0.05, 0.1) is 11.7 Å². The van der Waals surface area contributed by atoms with Crippen molar-refractivity contribution in [2.75, 3.05) is 7.05 Å². The van der Waals surface area contributed by atoms with Crippen LogP contribution in [0.2, 0.25) is 0 Å². The normalized spacial score (nSPS) is 15.5. The summed E-state index contributed by atoms with van der Waals surface area (Å²) < 4.78 is 11.2. The second-order valence-corrected chi connectivity index (χ2v) is 7.17. The molecule has 6 heteroatoms. The lowest BCUT2D eigenvalue weighted by Gasteiger charge is -2.11. The largest absolute Gasteiger partial charge is 0.490 e. The van der Waals surface area contributed by atoms with E-state index >= 15 is 0 Å². The fourth-order valence-electron chi connectivity index (χ4n) is 3.72. The molecule has 1 aromatic heterocycles. The Hall–Kier alpha value is -3.17. The zero-order chi connectivity index (χ0) is 19.7. The second kappa shape index (κ2) is 7.45. The first-order valence-electron chi connectivity index (χ1n) is 9.45. The van der Waals surface area contributed by atoms with Crippen LogP contribution in [0.25, 0.3) is 22.8 Å². The summed E-state index contributed by atoms with van der Waals surface area (Å²) in [6.45, 7) is 3.85. The third-order valence-electron chi connectivity index (χ3n) is 5.00. The van der Waals surface area contributed by atoms with Gasteiger partial charge >= 0.3 is 0 Å². The quantitative estimate of drug-likeness (QED) is 0.718. The van der Waals surface area contributed by atoms with Crippen LogP contribution in [-0.2, 0) is 6.42 Å². The van der Waals surface area contributed by atoms with Crippen LogP contribution >= 0.6 is 0 Å². The number of benzene rings is 2. The van der Waals surface area contributed by atoms with E-state index in [2.05, 4.69) is 27.6 Å². The minimum absolute atomic E-state index is 0.00503. The van der Waals surface area contributed by atoms with Gasteiger partial charge in [0, 0.05) is 17.2 Å². The molecule has 3 aromatic rings. The van der Waals surface area contributed by atoms with Gasteiger partial charge in [0.15, 0.2) is 0 Å². The fourth-order valence-corrected chi connectivity index (χ4v) is 3.72. The average Bonchev–Trinajstić information content (AvgIpc) is 3.34. The standard InChI is InChI=1S/C22H22N4O2/c1-13(2)27-20-10-7-14(11-15(20)12-23)22-25-21(26-28-22)18-6-4-5-17-16(18)8-9-19(17)24-3/h4-7,10-11,13,19,24H,8-9H2,1-3H3/t19-/m1/s1. The molecule has 0 radical (unpaired) electrons. The Balaban J connectivity index is 1.68. The minimum atomic E-state index is -0.00503. The zero-order valence-electron chi connectivity index (χ0n) is 16.2. The molecule has 1 atom stereocenters. The highest BCUT2D eigenvalue weighted by molar-refractivity contribution is 5.67. The van der Waals surface area contributed by atoms with Crippen LogP contribution in [0.5, 0.6) is 5.75 Å². The summed E-state index contributed by atoms with van der Waals surface area (Å²) in [5, 5.41) is 17.0. The second-order valence-electron chi connectivity index (χ2n) is 7.17. The van der Waals surface area contributed by atoms with E-state index in [1.807, 2.05) is 39.1 Å². The number of ether oxygens (including phenoxy) is 1. The van der Waals surface area contributed by atoms with Gasteiger partial charge in [-0.25, -0.2) is 0 Å². The van der Waals surface area contributed by atoms with Gasteiger partial charge in [-0.15, -0.1) is 0 Å². The maximum absolute atomic E-state index is 9.44. The molecule has 142 valence electrons. The van der Waals surface area contributed by atoms with Crippen molar-refractivity contribution in [3.05, 3.63) is 53.1 Å². The lowest BCUT2D eigenvalue weighted by molar-refractivity contribution is 0.242. The Morgan fingerprint density at radius 3 is 2.89 bits per heavy atom. The summed E-state index contributed by atoms with van der Waals surface area (Å²) in [7, 11) is 1.98. The molecule has 0 aliphatic heterocycles. The molecule has 1 aliphatic rings. The lowest BCUT2D eigenvalue weighted by atomic mass is 10.0. The van der Waals surface area contributed by atoms with E-state index < -0.39 is 0 Å². The summed E-state index contributed by atoms with van der Waals surface area (Å²) in [6, 6.07) is 14.1. The summed E-state index contributed by atoms with van der Waals surface area (Å²) in [4.78, 5) is 4.60. The van der Waals surface area contributed by atoms with E-state index in [-0.39, 0.29) is 6.10 Å². The SMILES string of the molecule is CN[C@@H]1CCc2c(-c3noc(-c4ccc(OC(C)C)c(C#N)c4)n3)cccc21. The van der Waals surface area contributed by atoms with Crippen LogP contribution in [0.1, 0.15) is 43.0 Å². The van der Waals surface area contributed by atoms with Crippen molar-refractivity contribution in [2.45, 2.75) is 38.8 Å². The number of nitrogens with zero attached hydrogens (tertiary/aromatic N) is 3. The number of fused-ring (bicyclic) bond motifs is 1. The van der Waals surface area contributed by atoms with E-state index in [0.717, 1.165) is 18.4 Å². The molecule has 0 unspecified atom stereocenters. The van der Waals surface area contributed by atoms with Gasteiger partial charge in [0.1, 0.15) is 11.8 Å². The first-order chi connectivity index (χ1) is 13.6. The van der Waals surface area contributed by atoms with E-state index in [4.69, 9.17) is 9.26 Å². The Morgan fingerprint density at radius 1 is 1.29 bits per heavy atom. The molecular weight excluding hydrogens is 352 g/mol. The van der Waals surface area contributed by atoms with Crippen LogP contribution < -0.4 is 10.1 Å². The molecule has 0 amide bonds. The van der Waals surface area contributed by atoms with Gasteiger partial charge in [-0.05, 0) is 63.1 Å². The number of hydrogen-bond acceptors (Lipinski definition) is 6. The highest BCUT2D eigenvalue weighted by Gasteiger charge is 2.25. The molecule has 4 rings (SSSR count). The minimum Gasteiger partial charge on any atom is -0.490 e. The van der Waals surface area contributed by atoms with E-state index in [9.17, 15) is 5.26 Å². The van der Waals surface area contributed by atoms with Crippen molar-refractivity contribution in [1.82, 2.24) is 15.5 Å². The van der Waals surface area contributed by atoms with Crippen molar-refractivity contribution in [3.63, 3.8) is 0 Å². The summed E-state index contributed by atoms with van der Waals surface area (Å²) in [6.07, 6.45) is 2.05. The molecule has 2 aromatic carbocycles. The molecule has 1 N–H and O–H groups in total. The van der Waals surface area contributed by atoms with Gasteiger partial charge in [-0.3, -0.25) is 0 Å². The Kier molecular flexibility index (Phi) is 4.84. The number of hydrogen-bond donors (Lipinski definition) is 1. The van der Waals surface area contributed by atoms with E-state index in [1.54, 1.807) is 12.1 Å². The molecule has 28 heavy (non-hydrogen) atoms. The maximum Gasteiger partial charge on any atom is 0.258 e. The van der Waals surface area contributed by atoms with Crippen LogP contribution in [0, 0.1) is 11.3 Å². The van der Waals surface area contributed by atoms with Crippen LogP contribution in [0.3, 0.4) is 0 Å². The van der Waals surface area contributed by atoms with E-state index in [1.165, 1.54) is 11.1 Å². The zero-order valence-corrected chi connectivity index (χ0v) is 16.2. The fraction of sp³-hybridized carbons (Fsp3) is 0.318. The predicted octanol–water partition coefficient (Wildman–Crippen LogP) is 4.27. The van der Waals surface area contributed by atoms with Gasteiger partial charge in [0.2, 0.25) is 5.82 Å².